The van der Waals surface area contributed by atoms with Gasteiger partial charge < -0.3 is 10.1 Å². The predicted octanol–water partition coefficient (Wildman–Crippen LogP) is 2.98. The SMILES string of the molecule is COc1cc(C)c([C@@H](C)NC(=O)C2CCN(S(C)(=O)=O)CC2)cc1C(C)C. The van der Waals surface area contributed by atoms with Gasteiger partial charge in [0.15, 0.2) is 0 Å². The number of nitrogens with one attached hydrogen (secondary N) is 1. The molecule has 0 aromatic heterocycles. The summed E-state index contributed by atoms with van der Waals surface area (Å²) in [5, 5.41) is 3.12. The molecule has 27 heavy (non-hydrogen) atoms. The minimum Gasteiger partial charge on any atom is -0.496 e. The second-order valence-electron chi connectivity index (χ2n) is 7.77. The lowest BCUT2D eigenvalue weighted by Gasteiger charge is -2.30. The highest BCUT2D eigenvalue weighted by Gasteiger charge is 2.29. The Morgan fingerprint density at radius 1 is 1.19 bits per heavy atom. The fraction of sp³-hybridized carbons (Fsp3) is 0.650. The summed E-state index contributed by atoms with van der Waals surface area (Å²) in [5.41, 5.74) is 3.29. The Bertz CT molecular complexity index is 781. The molecule has 152 valence electrons. The lowest BCUT2D eigenvalue weighted by molar-refractivity contribution is -0.126. The average molecular weight is 397 g/mol. The highest BCUT2D eigenvalue weighted by atomic mass is 32.2. The largest absolute Gasteiger partial charge is 0.496 e. The summed E-state index contributed by atoms with van der Waals surface area (Å²) in [4.78, 5) is 12.7. The first-order valence-electron chi connectivity index (χ1n) is 9.48. The Morgan fingerprint density at radius 2 is 1.78 bits per heavy atom. The zero-order chi connectivity index (χ0) is 20.4. The number of benzene rings is 1. The van der Waals surface area contributed by atoms with E-state index >= 15 is 0 Å². The minimum absolute atomic E-state index is 0.00281. The van der Waals surface area contributed by atoms with Crippen molar-refractivity contribution in [3.8, 4) is 5.75 Å². The van der Waals surface area contributed by atoms with Gasteiger partial charge in [-0.1, -0.05) is 13.8 Å². The minimum atomic E-state index is -3.18. The van der Waals surface area contributed by atoms with Crippen LogP contribution in [0.25, 0.3) is 0 Å². The van der Waals surface area contributed by atoms with E-state index in [1.807, 2.05) is 19.9 Å². The summed E-state index contributed by atoms with van der Waals surface area (Å²) < 4.78 is 30.2. The number of aryl methyl sites for hydroxylation is 1. The Labute approximate surface area is 163 Å². The van der Waals surface area contributed by atoms with Crippen molar-refractivity contribution < 1.29 is 17.9 Å². The molecule has 1 aliphatic heterocycles. The van der Waals surface area contributed by atoms with E-state index in [1.54, 1.807) is 7.11 Å². The van der Waals surface area contributed by atoms with Gasteiger partial charge in [-0.15, -0.1) is 0 Å². The van der Waals surface area contributed by atoms with Crippen LogP contribution in [0.1, 0.15) is 62.3 Å². The quantitative estimate of drug-likeness (QED) is 0.802. The first-order chi connectivity index (χ1) is 12.5. The van der Waals surface area contributed by atoms with Crippen molar-refractivity contribution in [3.63, 3.8) is 0 Å². The molecular weight excluding hydrogens is 364 g/mol. The van der Waals surface area contributed by atoms with E-state index < -0.39 is 10.0 Å². The second-order valence-corrected chi connectivity index (χ2v) is 9.75. The zero-order valence-corrected chi connectivity index (χ0v) is 18.0. The molecule has 6 nitrogen and oxygen atoms in total. The average Bonchev–Trinajstić information content (AvgIpc) is 2.60. The Kier molecular flexibility index (Phi) is 6.92. The number of carbonyl (C=O) groups excluding carboxylic acids is 1. The van der Waals surface area contributed by atoms with E-state index in [1.165, 1.54) is 10.6 Å². The van der Waals surface area contributed by atoms with Crippen molar-refractivity contribution in [2.24, 2.45) is 5.92 Å². The third kappa shape index (κ3) is 5.23. The first-order valence-corrected chi connectivity index (χ1v) is 11.3. The van der Waals surface area contributed by atoms with Gasteiger partial charge in [-0.25, -0.2) is 12.7 Å². The summed E-state index contributed by atoms with van der Waals surface area (Å²) >= 11 is 0. The molecule has 1 aromatic rings. The molecule has 1 saturated heterocycles. The van der Waals surface area contributed by atoms with Crippen LogP contribution in [-0.2, 0) is 14.8 Å². The van der Waals surface area contributed by atoms with Crippen LogP contribution >= 0.6 is 0 Å². The first kappa shape index (κ1) is 21.7. The number of methoxy groups -OCH3 is 1. The highest BCUT2D eigenvalue weighted by Crippen LogP contribution is 2.32. The number of nitrogens with zero attached hydrogens (tertiary/aromatic N) is 1. The van der Waals surface area contributed by atoms with Crippen LogP contribution < -0.4 is 10.1 Å². The Morgan fingerprint density at radius 3 is 2.26 bits per heavy atom. The fourth-order valence-electron chi connectivity index (χ4n) is 3.67. The monoisotopic (exact) mass is 396 g/mol. The second kappa shape index (κ2) is 8.61. The van der Waals surface area contributed by atoms with Crippen molar-refractivity contribution in [1.29, 1.82) is 0 Å². The summed E-state index contributed by atoms with van der Waals surface area (Å²) in [6.07, 6.45) is 2.34. The van der Waals surface area contributed by atoms with Gasteiger partial charge in [-0.2, -0.15) is 0 Å². The molecule has 1 aromatic carbocycles. The molecule has 0 radical (unpaired) electrons. The van der Waals surface area contributed by atoms with Gasteiger partial charge in [0.25, 0.3) is 0 Å². The molecule has 0 unspecified atom stereocenters. The molecule has 0 bridgehead atoms. The van der Waals surface area contributed by atoms with Crippen molar-refractivity contribution in [3.05, 3.63) is 28.8 Å². The summed E-state index contributed by atoms with van der Waals surface area (Å²) in [6, 6.07) is 4.03. The van der Waals surface area contributed by atoms with E-state index in [0.29, 0.717) is 31.8 Å². The van der Waals surface area contributed by atoms with Crippen LogP contribution in [0.4, 0.5) is 0 Å². The third-order valence-electron chi connectivity index (χ3n) is 5.36. The third-order valence-corrected chi connectivity index (χ3v) is 6.66. The summed E-state index contributed by atoms with van der Waals surface area (Å²) in [6.45, 7) is 9.07. The lowest BCUT2D eigenvalue weighted by atomic mass is 9.92. The van der Waals surface area contributed by atoms with Crippen LogP contribution in [0.15, 0.2) is 12.1 Å². The normalized spacial score (nSPS) is 17.7. The summed E-state index contributed by atoms with van der Waals surface area (Å²) in [5.74, 6) is 1.05. The van der Waals surface area contributed by atoms with Crippen LogP contribution in [0.2, 0.25) is 0 Å². The smallest absolute Gasteiger partial charge is 0.223 e. The predicted molar refractivity (Wildman–Crippen MR) is 108 cm³/mol. The van der Waals surface area contributed by atoms with Gasteiger partial charge in [-0.05, 0) is 61.4 Å². The number of hydrogen-bond donors (Lipinski definition) is 1. The van der Waals surface area contributed by atoms with Gasteiger partial charge in [-0.3, -0.25) is 4.79 Å². The highest BCUT2D eigenvalue weighted by molar-refractivity contribution is 7.88. The van der Waals surface area contributed by atoms with Gasteiger partial charge >= 0.3 is 0 Å². The number of rotatable bonds is 6. The van der Waals surface area contributed by atoms with E-state index in [9.17, 15) is 13.2 Å². The standard InChI is InChI=1S/C20H32N2O4S/c1-13(2)17-12-18(14(3)11-19(17)26-5)15(4)21-20(23)16-7-9-22(10-8-16)27(6,24)25/h11-13,15-16H,7-10H2,1-6H3,(H,21,23)/t15-/m1/s1. The number of carbonyl (C=O) groups is 1. The number of piperidine rings is 1. The molecule has 1 amide bonds. The molecule has 0 aliphatic carbocycles. The fourth-order valence-corrected chi connectivity index (χ4v) is 4.54. The molecule has 1 N–H and O–H groups in total. The molecule has 0 spiro atoms. The number of sulfonamides is 1. The summed E-state index contributed by atoms with van der Waals surface area (Å²) in [7, 11) is -1.50. The van der Waals surface area contributed by atoms with Crippen LogP contribution in [0.3, 0.4) is 0 Å². The van der Waals surface area contributed by atoms with Crippen molar-refractivity contribution >= 4 is 15.9 Å². The molecule has 7 heteroatoms. The van der Waals surface area contributed by atoms with Gasteiger partial charge in [0.2, 0.25) is 15.9 Å². The lowest BCUT2D eigenvalue weighted by Crippen LogP contribution is -2.43. The maximum atomic E-state index is 12.7. The van der Waals surface area contributed by atoms with Gasteiger partial charge in [0.1, 0.15) is 5.75 Å². The van der Waals surface area contributed by atoms with Gasteiger partial charge in [0.05, 0.1) is 19.4 Å². The molecule has 1 fully saturated rings. The Balaban J connectivity index is 2.08. The molecule has 1 atom stereocenters. The van der Waals surface area contributed by atoms with E-state index in [4.69, 9.17) is 4.74 Å². The molecular formula is C20H32N2O4S. The zero-order valence-electron chi connectivity index (χ0n) is 17.2. The molecule has 2 rings (SSSR count). The number of amides is 1. The van der Waals surface area contributed by atoms with Crippen molar-refractivity contribution in [2.75, 3.05) is 26.5 Å². The van der Waals surface area contributed by atoms with E-state index in [-0.39, 0.29) is 17.9 Å². The molecule has 1 heterocycles. The molecule has 1 aliphatic rings. The maximum absolute atomic E-state index is 12.7. The number of ether oxygens (including phenoxy) is 1. The van der Waals surface area contributed by atoms with Gasteiger partial charge in [0, 0.05) is 19.0 Å². The molecule has 0 saturated carbocycles. The number of hydrogen-bond acceptors (Lipinski definition) is 4. The maximum Gasteiger partial charge on any atom is 0.223 e. The van der Waals surface area contributed by atoms with Crippen LogP contribution in [-0.4, -0.2) is 45.1 Å². The van der Waals surface area contributed by atoms with E-state index in [2.05, 4.69) is 25.2 Å². The van der Waals surface area contributed by atoms with Crippen LogP contribution in [0, 0.1) is 12.8 Å². The van der Waals surface area contributed by atoms with Crippen molar-refractivity contribution in [1.82, 2.24) is 9.62 Å². The van der Waals surface area contributed by atoms with Crippen LogP contribution in [0.5, 0.6) is 5.75 Å². The topological polar surface area (TPSA) is 75.7 Å². The Hall–Kier alpha value is -1.60. The van der Waals surface area contributed by atoms with Crippen molar-refractivity contribution in [2.45, 2.75) is 52.5 Å². The van der Waals surface area contributed by atoms with E-state index in [0.717, 1.165) is 22.4 Å².